The number of aromatic hydroxyl groups is 1. The maximum Gasteiger partial charge on any atom is 0.328 e. The first-order valence-electron chi connectivity index (χ1n) is 8.18. The number of halogens is 5. The number of H-pyrrole nitrogens is 2. The Hall–Kier alpha value is -4.02. The fourth-order valence-electron chi connectivity index (χ4n) is 3.02. The first-order chi connectivity index (χ1) is 14.2. The third kappa shape index (κ3) is 2.82. The molecule has 152 valence electrons. The molecule has 0 atom stereocenters. The van der Waals surface area contributed by atoms with E-state index in [9.17, 15) is 36.6 Å². The van der Waals surface area contributed by atoms with Crippen molar-refractivity contribution < 1.29 is 27.1 Å². The van der Waals surface area contributed by atoms with Crippen molar-refractivity contribution in [3.05, 3.63) is 90.9 Å². The summed E-state index contributed by atoms with van der Waals surface area (Å²) in [4.78, 5) is 31.0. The molecule has 4 rings (SSSR count). The molecular formula is C19H8F5N3O3. The molecule has 3 aromatic rings. The van der Waals surface area contributed by atoms with Crippen LogP contribution in [-0.4, -0.2) is 20.8 Å². The standard InChI is InChI=1S/C19H8F5N3O3/c20-11-10(12(21)14(23)15(24)13(11)22)16-7(6-3-1-2-4-9(6)25-16)5-8-17(28)26-19(30)27-18(8)29/h1-5H,(H3,26,27,28,29,30). The number of aromatic nitrogens is 2. The number of benzene rings is 2. The van der Waals surface area contributed by atoms with Crippen LogP contribution in [0.2, 0.25) is 0 Å². The number of allylic oxidation sites excluding steroid dienone is 1. The molecule has 1 aromatic heterocycles. The van der Waals surface area contributed by atoms with E-state index in [0.717, 1.165) is 6.08 Å². The van der Waals surface area contributed by atoms with Crippen molar-refractivity contribution in [2.24, 2.45) is 4.99 Å². The molecule has 6 nitrogen and oxygen atoms in total. The van der Waals surface area contributed by atoms with Crippen molar-refractivity contribution in [1.29, 1.82) is 0 Å². The van der Waals surface area contributed by atoms with E-state index in [1.54, 1.807) is 0 Å². The first kappa shape index (κ1) is 19.3. The summed E-state index contributed by atoms with van der Waals surface area (Å²) in [7, 11) is 0. The molecule has 0 fully saturated rings. The number of hydrogen-bond acceptors (Lipinski definition) is 4. The van der Waals surface area contributed by atoms with E-state index in [1.807, 2.05) is 9.97 Å². The summed E-state index contributed by atoms with van der Waals surface area (Å²) < 4.78 is 69.7. The van der Waals surface area contributed by atoms with Crippen molar-refractivity contribution in [2.45, 2.75) is 0 Å². The Morgan fingerprint density at radius 3 is 2.10 bits per heavy atom. The van der Waals surface area contributed by atoms with E-state index >= 15 is 0 Å². The average molecular weight is 421 g/mol. The van der Waals surface area contributed by atoms with Gasteiger partial charge in [0.15, 0.2) is 23.3 Å². The molecule has 0 bridgehead atoms. The molecule has 1 aliphatic rings. The van der Waals surface area contributed by atoms with Gasteiger partial charge in [0.25, 0.3) is 5.56 Å². The average Bonchev–Trinajstić information content (AvgIpc) is 3.05. The van der Waals surface area contributed by atoms with Gasteiger partial charge >= 0.3 is 5.69 Å². The van der Waals surface area contributed by atoms with E-state index in [4.69, 9.17) is 0 Å². The summed E-state index contributed by atoms with van der Waals surface area (Å²) >= 11 is 0. The van der Waals surface area contributed by atoms with Gasteiger partial charge in [-0.25, -0.2) is 31.7 Å². The Bertz CT molecular complexity index is 1380. The second-order valence-corrected chi connectivity index (χ2v) is 6.15. The maximum absolute atomic E-state index is 14.4. The van der Waals surface area contributed by atoms with Crippen molar-refractivity contribution in [1.82, 2.24) is 9.97 Å². The Labute approximate surface area is 162 Å². The van der Waals surface area contributed by atoms with E-state index < -0.39 is 63.1 Å². The number of nitrogens with zero attached hydrogens (tertiary/aromatic N) is 1. The van der Waals surface area contributed by atoms with Gasteiger partial charge in [-0.2, -0.15) is 0 Å². The highest BCUT2D eigenvalue weighted by atomic mass is 19.2. The van der Waals surface area contributed by atoms with Crippen LogP contribution in [0.3, 0.4) is 0 Å². The third-order valence-electron chi connectivity index (χ3n) is 4.38. The summed E-state index contributed by atoms with van der Waals surface area (Å²) in [5.74, 6) is -11.7. The Morgan fingerprint density at radius 1 is 0.867 bits per heavy atom. The van der Waals surface area contributed by atoms with Crippen LogP contribution < -0.4 is 11.2 Å². The van der Waals surface area contributed by atoms with Gasteiger partial charge < -0.3 is 5.11 Å². The fraction of sp³-hybridized carbons (Fsp3) is 0. The number of hydrogen-bond donors (Lipinski definition) is 3. The quantitative estimate of drug-likeness (QED) is 0.337. The number of aliphatic imine (C=N–C) groups is 1. The molecule has 0 aliphatic carbocycles. The zero-order chi connectivity index (χ0) is 21.7. The molecule has 3 N–H and O–H groups in total. The minimum Gasteiger partial charge on any atom is -0.494 e. The molecule has 2 heterocycles. The van der Waals surface area contributed by atoms with Crippen molar-refractivity contribution in [3.63, 3.8) is 0 Å². The third-order valence-corrected chi connectivity index (χ3v) is 4.38. The van der Waals surface area contributed by atoms with E-state index in [2.05, 4.69) is 4.99 Å². The summed E-state index contributed by atoms with van der Waals surface area (Å²) in [6.45, 7) is 0. The smallest absolute Gasteiger partial charge is 0.328 e. The van der Waals surface area contributed by atoms with Gasteiger partial charge in [-0.15, -0.1) is 0 Å². The van der Waals surface area contributed by atoms with Crippen LogP contribution in [0.15, 0.2) is 38.8 Å². The highest BCUT2D eigenvalue weighted by Crippen LogP contribution is 2.40. The molecule has 0 amide bonds. The predicted molar refractivity (Wildman–Crippen MR) is 96.1 cm³/mol. The molecule has 11 heteroatoms. The minimum atomic E-state index is -2.33. The van der Waals surface area contributed by atoms with Gasteiger partial charge in [-0.1, -0.05) is 18.2 Å². The zero-order valence-electron chi connectivity index (χ0n) is 14.5. The van der Waals surface area contributed by atoms with Gasteiger partial charge in [0, 0.05) is 11.1 Å². The molecule has 1 aliphatic heterocycles. The highest BCUT2D eigenvalue weighted by Gasteiger charge is 2.33. The lowest BCUT2D eigenvalue weighted by Gasteiger charge is -2.10. The number of nitrogens with one attached hydrogen (secondary N) is 2. The van der Waals surface area contributed by atoms with Crippen LogP contribution in [0.25, 0.3) is 11.6 Å². The molecule has 30 heavy (non-hydrogen) atoms. The van der Waals surface area contributed by atoms with Gasteiger partial charge in [0.1, 0.15) is 5.56 Å². The second-order valence-electron chi connectivity index (χ2n) is 6.15. The fourth-order valence-corrected chi connectivity index (χ4v) is 3.02. The normalized spacial score (nSPS) is 14.2. The molecule has 0 saturated heterocycles. The number of rotatable bonds is 2. The number of aromatic amines is 2. The van der Waals surface area contributed by atoms with Crippen LogP contribution in [0.5, 0.6) is 5.88 Å². The summed E-state index contributed by atoms with van der Waals surface area (Å²) in [6.07, 6.45) is 0.923. The Morgan fingerprint density at radius 2 is 1.47 bits per heavy atom. The van der Waals surface area contributed by atoms with Crippen molar-refractivity contribution >= 4 is 23.0 Å². The lowest BCUT2D eigenvalue weighted by molar-refractivity contribution is 0.377. The van der Waals surface area contributed by atoms with Crippen LogP contribution in [-0.2, 0) is 0 Å². The van der Waals surface area contributed by atoms with E-state index in [0.29, 0.717) is 0 Å². The monoisotopic (exact) mass is 421 g/mol. The SMILES string of the molecule is O=c1[nH]c(O)c(C=C2C(c3c(F)c(F)c(F)c(F)c3F)=Nc3ccccc32)c(=O)[nH]1. The Balaban J connectivity index is 2.05. The molecular weight excluding hydrogens is 413 g/mol. The Kier molecular flexibility index (Phi) is 4.37. The first-order valence-corrected chi connectivity index (χ1v) is 8.18. The molecule has 0 spiro atoms. The number of para-hydroxylation sites is 1. The van der Waals surface area contributed by atoms with Crippen LogP contribution in [0, 0.1) is 29.1 Å². The van der Waals surface area contributed by atoms with Gasteiger partial charge in [-0.05, 0) is 12.1 Å². The number of fused-ring (bicyclic) bond motifs is 1. The second kappa shape index (κ2) is 6.79. The largest absolute Gasteiger partial charge is 0.494 e. The van der Waals surface area contributed by atoms with E-state index in [-0.39, 0.29) is 16.8 Å². The lowest BCUT2D eigenvalue weighted by Crippen LogP contribution is -2.23. The van der Waals surface area contributed by atoms with Crippen LogP contribution >= 0.6 is 0 Å². The molecule has 2 aromatic carbocycles. The lowest BCUT2D eigenvalue weighted by atomic mass is 9.95. The van der Waals surface area contributed by atoms with Crippen LogP contribution in [0.4, 0.5) is 27.6 Å². The molecule has 0 radical (unpaired) electrons. The van der Waals surface area contributed by atoms with Gasteiger partial charge in [0.2, 0.25) is 11.7 Å². The zero-order valence-corrected chi connectivity index (χ0v) is 14.5. The maximum atomic E-state index is 14.4. The summed E-state index contributed by atoms with van der Waals surface area (Å²) in [5.41, 5.74) is -4.41. The van der Waals surface area contributed by atoms with Gasteiger partial charge in [0.05, 0.1) is 17.0 Å². The highest BCUT2D eigenvalue weighted by molar-refractivity contribution is 6.39. The van der Waals surface area contributed by atoms with Crippen molar-refractivity contribution in [2.75, 3.05) is 0 Å². The minimum absolute atomic E-state index is 0.128. The topological polar surface area (TPSA) is 98.3 Å². The van der Waals surface area contributed by atoms with E-state index in [1.165, 1.54) is 24.3 Å². The van der Waals surface area contributed by atoms with Gasteiger partial charge in [-0.3, -0.25) is 14.8 Å². The van der Waals surface area contributed by atoms with Crippen molar-refractivity contribution in [3.8, 4) is 5.88 Å². The predicted octanol–water partition coefficient (Wildman–Crippen LogP) is 3.14. The summed E-state index contributed by atoms with van der Waals surface area (Å²) in [6, 6.07) is 5.88. The molecule has 0 saturated carbocycles. The molecule has 0 unspecified atom stereocenters. The van der Waals surface area contributed by atoms with Crippen LogP contribution in [0.1, 0.15) is 16.7 Å². The summed E-state index contributed by atoms with van der Waals surface area (Å²) in [5, 5.41) is 9.89.